The summed E-state index contributed by atoms with van der Waals surface area (Å²) in [5, 5.41) is 7.37. The van der Waals surface area contributed by atoms with Gasteiger partial charge in [-0.15, -0.1) is 0 Å². The minimum atomic E-state index is -0.0527. The Balaban J connectivity index is 2.22. The SMILES string of the molecule is CCc1[nH]nc(C(=O)N2CCSC(C)C2C)c1N. The van der Waals surface area contributed by atoms with E-state index in [1.54, 1.807) is 0 Å². The maximum Gasteiger partial charge on any atom is 0.276 e. The number of nitrogens with zero attached hydrogens (tertiary/aromatic N) is 2. The van der Waals surface area contributed by atoms with Gasteiger partial charge in [-0.25, -0.2) is 0 Å². The number of aromatic nitrogens is 2. The lowest BCUT2D eigenvalue weighted by Crippen LogP contribution is -2.48. The molecule has 0 aromatic carbocycles. The monoisotopic (exact) mass is 268 g/mol. The molecule has 2 atom stereocenters. The smallest absolute Gasteiger partial charge is 0.276 e. The molecule has 0 bridgehead atoms. The number of hydrogen-bond acceptors (Lipinski definition) is 4. The molecule has 1 fully saturated rings. The Kier molecular flexibility index (Phi) is 3.85. The molecule has 5 nitrogen and oxygen atoms in total. The van der Waals surface area contributed by atoms with E-state index < -0.39 is 0 Å². The lowest BCUT2D eigenvalue weighted by molar-refractivity contribution is 0.0693. The second-order valence-electron chi connectivity index (χ2n) is 4.63. The van der Waals surface area contributed by atoms with Crippen LogP contribution in [0, 0.1) is 0 Å². The van der Waals surface area contributed by atoms with Crippen molar-refractivity contribution in [3.05, 3.63) is 11.4 Å². The van der Waals surface area contributed by atoms with Crippen LogP contribution in [-0.4, -0.2) is 44.6 Å². The van der Waals surface area contributed by atoms with Crippen molar-refractivity contribution in [1.82, 2.24) is 15.1 Å². The highest BCUT2D eigenvalue weighted by Gasteiger charge is 2.31. The number of nitrogens with two attached hydrogens (primary N) is 1. The second-order valence-corrected chi connectivity index (χ2v) is 6.12. The molecular weight excluding hydrogens is 248 g/mol. The highest BCUT2D eigenvalue weighted by atomic mass is 32.2. The summed E-state index contributed by atoms with van der Waals surface area (Å²) in [4.78, 5) is 14.3. The van der Waals surface area contributed by atoms with Gasteiger partial charge in [-0.1, -0.05) is 13.8 Å². The summed E-state index contributed by atoms with van der Waals surface area (Å²) in [6.07, 6.45) is 0.758. The number of H-pyrrole nitrogens is 1. The number of hydrogen-bond donors (Lipinski definition) is 2. The third-order valence-corrected chi connectivity index (χ3v) is 4.92. The van der Waals surface area contributed by atoms with Gasteiger partial charge in [0, 0.05) is 23.6 Å². The quantitative estimate of drug-likeness (QED) is 0.853. The molecule has 0 radical (unpaired) electrons. The minimum absolute atomic E-state index is 0.0527. The number of carbonyl (C=O) groups excluding carboxylic acids is 1. The fourth-order valence-corrected chi connectivity index (χ4v) is 3.27. The molecule has 1 aromatic heterocycles. The van der Waals surface area contributed by atoms with E-state index in [9.17, 15) is 4.79 Å². The zero-order valence-electron chi connectivity index (χ0n) is 11.1. The number of nitrogens with one attached hydrogen (secondary N) is 1. The van der Waals surface area contributed by atoms with Crippen molar-refractivity contribution in [2.24, 2.45) is 0 Å². The Morgan fingerprint density at radius 3 is 2.94 bits per heavy atom. The van der Waals surface area contributed by atoms with Crippen LogP contribution in [0.15, 0.2) is 0 Å². The van der Waals surface area contributed by atoms with Gasteiger partial charge in [-0.05, 0) is 13.3 Å². The lowest BCUT2D eigenvalue weighted by Gasteiger charge is -2.37. The van der Waals surface area contributed by atoms with Crippen LogP contribution in [0.1, 0.15) is 37.0 Å². The summed E-state index contributed by atoms with van der Waals surface area (Å²) >= 11 is 1.90. The molecule has 100 valence electrons. The van der Waals surface area contributed by atoms with Crippen molar-refractivity contribution in [2.45, 2.75) is 38.5 Å². The molecule has 0 aliphatic carbocycles. The third kappa shape index (κ3) is 2.21. The lowest BCUT2D eigenvalue weighted by atomic mass is 10.1. The second kappa shape index (κ2) is 5.22. The van der Waals surface area contributed by atoms with Crippen molar-refractivity contribution >= 4 is 23.4 Å². The van der Waals surface area contributed by atoms with Crippen molar-refractivity contribution in [3.8, 4) is 0 Å². The first-order chi connectivity index (χ1) is 8.56. The molecule has 1 aliphatic heterocycles. The van der Waals surface area contributed by atoms with Gasteiger partial charge in [0.25, 0.3) is 5.91 Å². The van der Waals surface area contributed by atoms with Gasteiger partial charge in [-0.3, -0.25) is 9.89 Å². The van der Waals surface area contributed by atoms with E-state index in [2.05, 4.69) is 24.0 Å². The van der Waals surface area contributed by atoms with E-state index in [-0.39, 0.29) is 11.9 Å². The van der Waals surface area contributed by atoms with Crippen LogP contribution in [0.5, 0.6) is 0 Å². The molecule has 1 amide bonds. The van der Waals surface area contributed by atoms with E-state index in [1.807, 2.05) is 23.6 Å². The van der Waals surface area contributed by atoms with Gasteiger partial charge in [0.2, 0.25) is 0 Å². The Morgan fingerprint density at radius 2 is 2.33 bits per heavy atom. The minimum Gasteiger partial charge on any atom is -0.395 e. The third-order valence-electron chi connectivity index (χ3n) is 3.58. The number of carbonyl (C=O) groups is 1. The van der Waals surface area contributed by atoms with Gasteiger partial charge in [0.1, 0.15) is 0 Å². The Hall–Kier alpha value is -1.17. The summed E-state index contributed by atoms with van der Waals surface area (Å²) in [5.74, 6) is 0.922. The molecule has 3 N–H and O–H groups in total. The van der Waals surface area contributed by atoms with Crippen LogP contribution in [-0.2, 0) is 6.42 Å². The van der Waals surface area contributed by atoms with Gasteiger partial charge >= 0.3 is 0 Å². The van der Waals surface area contributed by atoms with Crippen LogP contribution in [0.4, 0.5) is 5.69 Å². The van der Waals surface area contributed by atoms with E-state index in [0.717, 1.165) is 24.4 Å². The summed E-state index contributed by atoms with van der Waals surface area (Å²) < 4.78 is 0. The van der Waals surface area contributed by atoms with Crippen molar-refractivity contribution in [1.29, 1.82) is 0 Å². The van der Waals surface area contributed by atoms with Crippen molar-refractivity contribution in [2.75, 3.05) is 18.0 Å². The molecule has 2 heterocycles. The molecule has 0 spiro atoms. The Labute approximate surface area is 111 Å². The fourth-order valence-electron chi connectivity index (χ4n) is 2.18. The number of thioether (sulfide) groups is 1. The summed E-state index contributed by atoms with van der Waals surface area (Å²) in [6, 6.07) is 0.220. The zero-order chi connectivity index (χ0) is 13.3. The average Bonchev–Trinajstić information content (AvgIpc) is 2.73. The number of aryl methyl sites for hydroxylation is 1. The van der Waals surface area contributed by atoms with Crippen LogP contribution < -0.4 is 5.73 Å². The molecule has 0 saturated carbocycles. The molecular formula is C12H20N4OS. The van der Waals surface area contributed by atoms with Crippen molar-refractivity contribution in [3.63, 3.8) is 0 Å². The number of aromatic amines is 1. The normalized spacial score (nSPS) is 24.3. The molecule has 6 heteroatoms. The van der Waals surface area contributed by atoms with Gasteiger partial charge in [0.15, 0.2) is 5.69 Å². The van der Waals surface area contributed by atoms with Gasteiger partial charge in [-0.2, -0.15) is 16.9 Å². The first-order valence-corrected chi connectivity index (χ1v) is 7.36. The number of rotatable bonds is 2. The van der Waals surface area contributed by atoms with Gasteiger partial charge in [0.05, 0.1) is 11.4 Å². The molecule has 1 aromatic rings. The van der Waals surface area contributed by atoms with E-state index in [1.165, 1.54) is 0 Å². The first kappa shape index (κ1) is 13.3. The largest absolute Gasteiger partial charge is 0.395 e. The summed E-state index contributed by atoms with van der Waals surface area (Å²) in [6.45, 7) is 6.99. The zero-order valence-corrected chi connectivity index (χ0v) is 11.9. The van der Waals surface area contributed by atoms with Crippen LogP contribution >= 0.6 is 11.8 Å². The van der Waals surface area contributed by atoms with E-state index >= 15 is 0 Å². The maximum absolute atomic E-state index is 12.5. The molecule has 1 aliphatic rings. The topological polar surface area (TPSA) is 75.0 Å². The van der Waals surface area contributed by atoms with Crippen LogP contribution in [0.25, 0.3) is 0 Å². The highest BCUT2D eigenvalue weighted by molar-refractivity contribution is 8.00. The van der Waals surface area contributed by atoms with Crippen molar-refractivity contribution < 1.29 is 4.79 Å². The van der Waals surface area contributed by atoms with Gasteiger partial charge < -0.3 is 10.6 Å². The molecule has 2 rings (SSSR count). The fraction of sp³-hybridized carbons (Fsp3) is 0.667. The van der Waals surface area contributed by atoms with Crippen LogP contribution in [0.2, 0.25) is 0 Å². The average molecular weight is 268 g/mol. The first-order valence-electron chi connectivity index (χ1n) is 6.31. The number of anilines is 1. The van der Waals surface area contributed by atoms with E-state index in [0.29, 0.717) is 16.6 Å². The Bertz CT molecular complexity index is 445. The summed E-state index contributed by atoms with van der Waals surface area (Å²) in [5.41, 5.74) is 7.67. The number of amides is 1. The predicted molar refractivity (Wildman–Crippen MR) is 74.8 cm³/mol. The summed E-state index contributed by atoms with van der Waals surface area (Å²) in [7, 11) is 0. The predicted octanol–water partition coefficient (Wildman–Crippen LogP) is 1.52. The number of nitrogen functional groups attached to an aromatic ring is 1. The molecule has 18 heavy (non-hydrogen) atoms. The Morgan fingerprint density at radius 1 is 1.61 bits per heavy atom. The van der Waals surface area contributed by atoms with E-state index in [4.69, 9.17) is 5.73 Å². The highest BCUT2D eigenvalue weighted by Crippen LogP contribution is 2.26. The van der Waals surface area contributed by atoms with Crippen LogP contribution in [0.3, 0.4) is 0 Å². The maximum atomic E-state index is 12.5. The standard InChI is InChI=1S/C12H20N4OS/c1-4-9-10(13)11(15-14-9)12(17)16-5-6-18-8(3)7(16)2/h7-8H,4-6,13H2,1-3H3,(H,14,15). The molecule has 1 saturated heterocycles. The molecule has 2 unspecified atom stereocenters.